The first-order valence-corrected chi connectivity index (χ1v) is 6.62. The lowest BCUT2D eigenvalue weighted by molar-refractivity contribution is 0.275. The molecule has 0 unspecified atom stereocenters. The molecule has 0 amide bonds. The number of halogens is 1. The highest BCUT2D eigenvalue weighted by Crippen LogP contribution is 2.31. The van der Waals surface area contributed by atoms with Gasteiger partial charge in [-0.3, -0.25) is 0 Å². The third-order valence-electron chi connectivity index (χ3n) is 3.59. The van der Waals surface area contributed by atoms with E-state index in [0.717, 1.165) is 13.0 Å². The van der Waals surface area contributed by atoms with E-state index in [1.165, 1.54) is 11.6 Å². The van der Waals surface area contributed by atoms with Crippen LogP contribution in [0.5, 0.6) is 0 Å². The van der Waals surface area contributed by atoms with Gasteiger partial charge in [0.05, 0.1) is 6.61 Å². The fourth-order valence-corrected chi connectivity index (χ4v) is 2.36. The Morgan fingerprint density at radius 3 is 2.68 bits per heavy atom. The van der Waals surface area contributed by atoms with Gasteiger partial charge in [-0.05, 0) is 17.9 Å². The Morgan fingerprint density at radius 2 is 2.16 bits per heavy atom. The van der Waals surface area contributed by atoms with E-state index in [1.54, 1.807) is 6.20 Å². The molecule has 3 nitrogen and oxygen atoms in total. The van der Waals surface area contributed by atoms with Crippen molar-refractivity contribution in [1.82, 2.24) is 4.98 Å². The Balaban J connectivity index is 2.21. The van der Waals surface area contributed by atoms with Crippen molar-refractivity contribution < 1.29 is 9.50 Å². The smallest absolute Gasteiger partial charge is 0.171 e. The molecule has 1 aromatic heterocycles. The van der Waals surface area contributed by atoms with Gasteiger partial charge in [0.25, 0.3) is 0 Å². The monoisotopic (exact) mass is 264 g/mol. The van der Waals surface area contributed by atoms with Gasteiger partial charge in [-0.15, -0.1) is 0 Å². The van der Waals surface area contributed by atoms with Crippen LogP contribution in [-0.4, -0.2) is 23.2 Å². The van der Waals surface area contributed by atoms with Gasteiger partial charge >= 0.3 is 0 Å². The van der Waals surface area contributed by atoms with Crippen molar-refractivity contribution in [2.24, 2.45) is 5.41 Å². The lowest BCUT2D eigenvalue weighted by Gasteiger charge is -2.33. The number of hydrogen-bond acceptors (Lipinski definition) is 3. The van der Waals surface area contributed by atoms with Gasteiger partial charge in [0.15, 0.2) is 11.6 Å². The van der Waals surface area contributed by atoms with Crippen LogP contribution in [0.1, 0.15) is 32.8 Å². The van der Waals surface area contributed by atoms with Crippen molar-refractivity contribution in [3.63, 3.8) is 0 Å². The Labute approximate surface area is 113 Å². The molecule has 104 valence electrons. The molecule has 0 bridgehead atoms. The van der Waals surface area contributed by atoms with Gasteiger partial charge in [-0.1, -0.05) is 32.4 Å². The number of aliphatic hydroxyl groups is 1. The molecule has 4 heteroatoms. The first-order valence-electron chi connectivity index (χ1n) is 6.62. The van der Waals surface area contributed by atoms with E-state index >= 15 is 0 Å². The lowest BCUT2D eigenvalue weighted by Crippen LogP contribution is -2.32. The highest BCUT2D eigenvalue weighted by molar-refractivity contribution is 5.45. The molecule has 1 aromatic rings. The highest BCUT2D eigenvalue weighted by atomic mass is 19.1. The minimum absolute atomic E-state index is 0.172. The van der Waals surface area contributed by atoms with Crippen molar-refractivity contribution in [3.8, 4) is 0 Å². The van der Waals surface area contributed by atoms with Crippen LogP contribution < -0.4 is 4.90 Å². The second kappa shape index (κ2) is 5.29. The van der Waals surface area contributed by atoms with Gasteiger partial charge in [0.1, 0.15) is 0 Å². The zero-order valence-electron chi connectivity index (χ0n) is 11.8. The summed E-state index contributed by atoms with van der Waals surface area (Å²) >= 11 is 0. The Morgan fingerprint density at radius 1 is 1.42 bits per heavy atom. The van der Waals surface area contributed by atoms with E-state index in [-0.39, 0.29) is 12.0 Å². The number of aliphatic hydroxyl groups excluding tert-OH is 1. The quantitative estimate of drug-likeness (QED) is 0.834. The molecule has 0 aliphatic carbocycles. The van der Waals surface area contributed by atoms with Crippen LogP contribution in [0.15, 0.2) is 23.9 Å². The van der Waals surface area contributed by atoms with Crippen LogP contribution >= 0.6 is 0 Å². The SMILES string of the molecule is CC(C)(C)C1=CCN(c2nccc(CO)c2F)CC1. The van der Waals surface area contributed by atoms with E-state index < -0.39 is 5.82 Å². The van der Waals surface area contributed by atoms with E-state index in [2.05, 4.69) is 31.8 Å². The maximum Gasteiger partial charge on any atom is 0.171 e. The van der Waals surface area contributed by atoms with Gasteiger partial charge in [-0.25, -0.2) is 9.37 Å². The van der Waals surface area contributed by atoms with Crippen molar-refractivity contribution >= 4 is 5.82 Å². The van der Waals surface area contributed by atoms with Crippen LogP contribution in [0.4, 0.5) is 10.2 Å². The maximum atomic E-state index is 14.1. The number of hydrogen-bond donors (Lipinski definition) is 1. The fourth-order valence-electron chi connectivity index (χ4n) is 2.36. The van der Waals surface area contributed by atoms with Crippen molar-refractivity contribution in [3.05, 3.63) is 35.3 Å². The van der Waals surface area contributed by atoms with Crippen molar-refractivity contribution in [2.45, 2.75) is 33.8 Å². The zero-order valence-corrected chi connectivity index (χ0v) is 11.8. The largest absolute Gasteiger partial charge is 0.392 e. The summed E-state index contributed by atoms with van der Waals surface area (Å²) in [7, 11) is 0. The second-order valence-electron chi connectivity index (χ2n) is 5.94. The Kier molecular flexibility index (Phi) is 3.90. The van der Waals surface area contributed by atoms with Gasteiger partial charge < -0.3 is 10.0 Å². The first-order chi connectivity index (χ1) is 8.93. The molecule has 2 rings (SSSR count). The summed E-state index contributed by atoms with van der Waals surface area (Å²) in [5.41, 5.74) is 1.88. The number of pyridine rings is 1. The van der Waals surface area contributed by atoms with Crippen LogP contribution in [0.25, 0.3) is 0 Å². The summed E-state index contributed by atoms with van der Waals surface area (Å²) in [5.74, 6) is -0.0617. The minimum atomic E-state index is -0.405. The third kappa shape index (κ3) is 2.95. The molecule has 0 spiro atoms. The molecule has 0 atom stereocenters. The van der Waals surface area contributed by atoms with Gasteiger partial charge in [0.2, 0.25) is 0 Å². The Bertz CT molecular complexity index is 491. The summed E-state index contributed by atoms with van der Waals surface area (Å²) in [5, 5.41) is 9.09. The Hall–Kier alpha value is -1.42. The average Bonchev–Trinajstić information content (AvgIpc) is 2.38. The molecule has 0 fully saturated rings. The van der Waals surface area contributed by atoms with E-state index in [4.69, 9.17) is 5.11 Å². The molecule has 0 radical (unpaired) electrons. The topological polar surface area (TPSA) is 36.4 Å². The number of aromatic nitrogens is 1. The molecule has 0 saturated heterocycles. The summed E-state index contributed by atoms with van der Waals surface area (Å²) in [4.78, 5) is 6.03. The molecule has 1 aliphatic rings. The molecule has 1 N–H and O–H groups in total. The average molecular weight is 264 g/mol. The van der Waals surface area contributed by atoms with Crippen LogP contribution in [0.2, 0.25) is 0 Å². The van der Waals surface area contributed by atoms with Crippen molar-refractivity contribution in [1.29, 1.82) is 0 Å². The first kappa shape index (κ1) is 14.0. The number of rotatable bonds is 2. The minimum Gasteiger partial charge on any atom is -0.392 e. The molecule has 19 heavy (non-hydrogen) atoms. The normalized spacial score (nSPS) is 16.5. The van der Waals surface area contributed by atoms with E-state index in [1.807, 2.05) is 4.90 Å². The molecule has 0 aromatic carbocycles. The summed E-state index contributed by atoms with van der Waals surface area (Å²) < 4.78 is 14.1. The number of anilines is 1. The standard InChI is InChI=1S/C15H21FN2O/c1-15(2,3)12-5-8-18(9-6-12)14-13(16)11(10-19)4-7-17-14/h4-5,7,19H,6,8-10H2,1-3H3. The molecule has 2 heterocycles. The fraction of sp³-hybridized carbons (Fsp3) is 0.533. The molecular formula is C15H21FN2O. The zero-order chi connectivity index (χ0) is 14.0. The van der Waals surface area contributed by atoms with Crippen LogP contribution in [-0.2, 0) is 6.61 Å². The van der Waals surface area contributed by atoms with Crippen LogP contribution in [0, 0.1) is 11.2 Å². The highest BCUT2D eigenvalue weighted by Gasteiger charge is 2.23. The van der Waals surface area contributed by atoms with E-state index in [0.29, 0.717) is 17.9 Å². The second-order valence-corrected chi connectivity index (χ2v) is 5.94. The van der Waals surface area contributed by atoms with Crippen molar-refractivity contribution in [2.75, 3.05) is 18.0 Å². The number of nitrogens with zero attached hydrogens (tertiary/aromatic N) is 2. The predicted molar refractivity (Wildman–Crippen MR) is 74.5 cm³/mol. The van der Waals surface area contributed by atoms with Gasteiger partial charge in [0, 0.05) is 24.8 Å². The van der Waals surface area contributed by atoms with Crippen LogP contribution in [0.3, 0.4) is 0 Å². The molecule has 1 aliphatic heterocycles. The summed E-state index contributed by atoms with van der Waals surface area (Å²) in [6.07, 6.45) is 4.64. The third-order valence-corrected chi connectivity index (χ3v) is 3.59. The predicted octanol–water partition coefficient (Wildman–Crippen LogP) is 2.90. The summed E-state index contributed by atoms with van der Waals surface area (Å²) in [6, 6.07) is 1.51. The van der Waals surface area contributed by atoms with E-state index in [9.17, 15) is 4.39 Å². The summed E-state index contributed by atoms with van der Waals surface area (Å²) in [6.45, 7) is 7.73. The maximum absolute atomic E-state index is 14.1. The molecular weight excluding hydrogens is 243 g/mol. The molecule has 0 saturated carbocycles. The van der Waals surface area contributed by atoms with Gasteiger partial charge in [-0.2, -0.15) is 0 Å². The lowest BCUT2D eigenvalue weighted by atomic mass is 9.83.